The molecule has 0 bridgehead atoms. The van der Waals surface area contributed by atoms with Crippen molar-refractivity contribution in [3.05, 3.63) is 52.9 Å². The van der Waals surface area contributed by atoms with E-state index in [1.165, 1.54) is 0 Å². The van der Waals surface area contributed by atoms with Gasteiger partial charge in [0.05, 0.1) is 0 Å². The number of anilines is 1. The summed E-state index contributed by atoms with van der Waals surface area (Å²) < 4.78 is 4.89. The highest BCUT2D eigenvalue weighted by atomic mass is 79.9. The van der Waals surface area contributed by atoms with Crippen LogP contribution in [0, 0.1) is 6.92 Å². The molecular formula is C15H12BrN5. The Hall–Kier alpha value is -2.34. The van der Waals surface area contributed by atoms with Crippen molar-refractivity contribution >= 4 is 33.0 Å². The van der Waals surface area contributed by atoms with Crippen LogP contribution in [0.2, 0.25) is 0 Å². The van der Waals surface area contributed by atoms with Crippen LogP contribution >= 0.6 is 15.9 Å². The van der Waals surface area contributed by atoms with Gasteiger partial charge in [0.15, 0.2) is 0 Å². The van der Waals surface area contributed by atoms with E-state index in [1.54, 1.807) is 0 Å². The Morgan fingerprint density at radius 2 is 1.95 bits per heavy atom. The van der Waals surface area contributed by atoms with Crippen molar-refractivity contribution in [2.24, 2.45) is 0 Å². The first-order valence-corrected chi connectivity index (χ1v) is 7.31. The summed E-state index contributed by atoms with van der Waals surface area (Å²) in [6, 6.07) is 9.79. The van der Waals surface area contributed by atoms with Crippen molar-refractivity contribution in [2.75, 3.05) is 5.73 Å². The minimum absolute atomic E-state index is 0.604. The lowest BCUT2D eigenvalue weighted by molar-refractivity contribution is 1.09. The number of halogens is 1. The second kappa shape index (κ2) is 4.33. The van der Waals surface area contributed by atoms with Crippen LogP contribution in [0.25, 0.3) is 22.7 Å². The minimum Gasteiger partial charge on any atom is -0.383 e. The van der Waals surface area contributed by atoms with E-state index in [4.69, 9.17) is 5.73 Å². The van der Waals surface area contributed by atoms with Crippen LogP contribution in [0.1, 0.15) is 5.69 Å². The number of nitrogens with zero attached hydrogens (tertiary/aromatic N) is 4. The van der Waals surface area contributed by atoms with E-state index in [1.807, 2.05) is 58.5 Å². The molecule has 0 aliphatic heterocycles. The number of imidazole rings is 2. The predicted octanol–water partition coefficient (Wildman–Crippen LogP) is 3.30. The molecule has 0 atom stereocenters. The maximum Gasteiger partial charge on any atom is 0.139 e. The molecule has 104 valence electrons. The molecule has 2 N–H and O–H groups in total. The lowest BCUT2D eigenvalue weighted by Gasteiger charge is -2.03. The van der Waals surface area contributed by atoms with Crippen LogP contribution in [0.5, 0.6) is 0 Å². The zero-order chi connectivity index (χ0) is 14.6. The molecule has 0 saturated heterocycles. The van der Waals surface area contributed by atoms with Gasteiger partial charge in [-0.2, -0.15) is 0 Å². The summed E-state index contributed by atoms with van der Waals surface area (Å²) in [5, 5.41) is 0. The summed E-state index contributed by atoms with van der Waals surface area (Å²) in [7, 11) is 0. The average Bonchev–Trinajstić information content (AvgIpc) is 3.04. The number of nitrogen functional groups attached to an aromatic ring is 1. The normalized spacial score (nSPS) is 11.5. The molecule has 0 radical (unpaired) electrons. The third kappa shape index (κ3) is 1.76. The van der Waals surface area contributed by atoms with Crippen molar-refractivity contribution in [3.8, 4) is 11.4 Å². The molecule has 21 heavy (non-hydrogen) atoms. The van der Waals surface area contributed by atoms with E-state index in [0.717, 1.165) is 27.2 Å². The first-order valence-electron chi connectivity index (χ1n) is 6.52. The number of pyridine rings is 2. The van der Waals surface area contributed by atoms with Crippen LogP contribution in [-0.2, 0) is 0 Å². The third-order valence-corrected chi connectivity index (χ3v) is 4.44. The van der Waals surface area contributed by atoms with Crippen molar-refractivity contribution in [3.63, 3.8) is 0 Å². The van der Waals surface area contributed by atoms with E-state index < -0.39 is 0 Å². The Bertz CT molecular complexity index is 949. The van der Waals surface area contributed by atoms with Gasteiger partial charge in [0.25, 0.3) is 0 Å². The quantitative estimate of drug-likeness (QED) is 0.577. The monoisotopic (exact) mass is 341 g/mol. The van der Waals surface area contributed by atoms with E-state index in [-0.39, 0.29) is 0 Å². The average molecular weight is 342 g/mol. The molecule has 4 aromatic heterocycles. The molecule has 4 rings (SSSR count). The fourth-order valence-electron chi connectivity index (χ4n) is 2.53. The van der Waals surface area contributed by atoms with Crippen molar-refractivity contribution < 1.29 is 0 Å². The Balaban J connectivity index is 2.02. The summed E-state index contributed by atoms with van der Waals surface area (Å²) in [4.78, 5) is 9.21. The minimum atomic E-state index is 0.604. The number of aromatic nitrogens is 4. The van der Waals surface area contributed by atoms with Gasteiger partial charge in [0, 0.05) is 22.6 Å². The van der Waals surface area contributed by atoms with Gasteiger partial charge in [-0.15, -0.1) is 0 Å². The molecule has 4 aromatic rings. The highest BCUT2D eigenvalue weighted by Crippen LogP contribution is 2.29. The first kappa shape index (κ1) is 12.4. The van der Waals surface area contributed by atoms with Crippen LogP contribution in [-0.4, -0.2) is 18.8 Å². The fourth-order valence-corrected chi connectivity index (χ4v) is 2.84. The van der Waals surface area contributed by atoms with Gasteiger partial charge < -0.3 is 10.1 Å². The van der Waals surface area contributed by atoms with Crippen molar-refractivity contribution in [1.82, 2.24) is 18.8 Å². The van der Waals surface area contributed by atoms with Crippen LogP contribution in [0.15, 0.2) is 47.2 Å². The second-order valence-electron chi connectivity index (χ2n) is 4.90. The maximum absolute atomic E-state index is 6.29. The Kier molecular flexibility index (Phi) is 2.56. The lowest BCUT2D eigenvalue weighted by Crippen LogP contribution is -1.98. The molecular weight excluding hydrogens is 330 g/mol. The Morgan fingerprint density at radius 1 is 1.10 bits per heavy atom. The van der Waals surface area contributed by atoms with E-state index >= 15 is 0 Å². The molecule has 0 unspecified atom stereocenters. The molecule has 6 heteroatoms. The zero-order valence-corrected chi connectivity index (χ0v) is 12.9. The van der Waals surface area contributed by atoms with Gasteiger partial charge >= 0.3 is 0 Å². The molecule has 0 spiro atoms. The van der Waals surface area contributed by atoms with Crippen LogP contribution in [0.4, 0.5) is 5.82 Å². The van der Waals surface area contributed by atoms with Gasteiger partial charge in [0.2, 0.25) is 0 Å². The Morgan fingerprint density at radius 3 is 2.76 bits per heavy atom. The van der Waals surface area contributed by atoms with Gasteiger partial charge in [-0.1, -0.05) is 6.07 Å². The summed E-state index contributed by atoms with van der Waals surface area (Å²) >= 11 is 3.52. The number of hydrogen-bond donors (Lipinski definition) is 1. The summed E-state index contributed by atoms with van der Waals surface area (Å²) in [6.07, 6.45) is 3.90. The summed E-state index contributed by atoms with van der Waals surface area (Å²) in [5.74, 6) is 0.604. The van der Waals surface area contributed by atoms with Gasteiger partial charge in [0.1, 0.15) is 28.5 Å². The zero-order valence-electron chi connectivity index (χ0n) is 11.3. The molecule has 0 aliphatic carbocycles. The van der Waals surface area contributed by atoms with Crippen LogP contribution < -0.4 is 5.73 Å². The van der Waals surface area contributed by atoms with Crippen molar-refractivity contribution in [1.29, 1.82) is 0 Å². The summed E-state index contributed by atoms with van der Waals surface area (Å²) in [5.41, 5.74) is 10.5. The molecule has 5 nitrogen and oxygen atoms in total. The molecule has 0 amide bonds. The van der Waals surface area contributed by atoms with Gasteiger partial charge in [-0.3, -0.25) is 4.40 Å². The topological polar surface area (TPSA) is 60.6 Å². The molecule has 0 aromatic carbocycles. The first-order chi connectivity index (χ1) is 10.1. The molecule has 0 saturated carbocycles. The molecule has 4 heterocycles. The van der Waals surface area contributed by atoms with Crippen molar-refractivity contribution in [2.45, 2.75) is 6.92 Å². The second-order valence-corrected chi connectivity index (χ2v) is 5.75. The smallest absolute Gasteiger partial charge is 0.139 e. The SMILES string of the molecule is Cc1c(Br)ccc2nc(-c3cn4ccccc4n3)c(N)n12. The number of hydrogen-bond acceptors (Lipinski definition) is 3. The Labute approximate surface area is 129 Å². The van der Waals surface area contributed by atoms with Crippen LogP contribution in [0.3, 0.4) is 0 Å². The lowest BCUT2D eigenvalue weighted by atomic mass is 10.3. The number of fused-ring (bicyclic) bond motifs is 2. The number of rotatable bonds is 1. The largest absolute Gasteiger partial charge is 0.383 e. The molecule has 0 fully saturated rings. The number of nitrogens with two attached hydrogens (primary N) is 1. The third-order valence-electron chi connectivity index (χ3n) is 3.61. The maximum atomic E-state index is 6.29. The van der Waals surface area contributed by atoms with E-state index in [9.17, 15) is 0 Å². The predicted molar refractivity (Wildman–Crippen MR) is 86.2 cm³/mol. The highest BCUT2D eigenvalue weighted by Gasteiger charge is 2.16. The highest BCUT2D eigenvalue weighted by molar-refractivity contribution is 9.10. The van der Waals surface area contributed by atoms with E-state index in [2.05, 4.69) is 25.9 Å². The van der Waals surface area contributed by atoms with E-state index in [0.29, 0.717) is 11.5 Å². The number of aryl methyl sites for hydroxylation is 1. The fraction of sp³-hybridized carbons (Fsp3) is 0.0667. The molecule has 0 aliphatic rings. The van der Waals surface area contributed by atoms with Gasteiger partial charge in [-0.25, -0.2) is 9.97 Å². The standard InChI is InChI=1S/C15H12BrN5/c1-9-10(16)5-6-13-19-14(15(17)21(9)13)11-8-20-7-3-2-4-12(20)18-11/h2-8H,17H2,1H3. The van der Waals surface area contributed by atoms with Gasteiger partial charge in [-0.05, 0) is 47.1 Å². The summed E-state index contributed by atoms with van der Waals surface area (Å²) in [6.45, 7) is 2.00.